The first-order valence-corrected chi connectivity index (χ1v) is 6.32. The number of nitro benzene ring substituents is 1. The van der Waals surface area contributed by atoms with Crippen LogP contribution < -0.4 is 10.6 Å². The highest BCUT2D eigenvalue weighted by Gasteiger charge is 2.24. The lowest BCUT2D eigenvalue weighted by Gasteiger charge is -2.31. The summed E-state index contributed by atoms with van der Waals surface area (Å²) in [4.78, 5) is 23.8. The van der Waals surface area contributed by atoms with Gasteiger partial charge in [0.2, 0.25) is 5.91 Å². The molecular formula is C13H17N3O3. The first kappa shape index (κ1) is 13.3. The van der Waals surface area contributed by atoms with Crippen LogP contribution in [0.2, 0.25) is 0 Å². The number of primary amides is 1. The zero-order valence-electron chi connectivity index (χ0n) is 10.8. The Kier molecular flexibility index (Phi) is 3.69. The van der Waals surface area contributed by atoms with Crippen molar-refractivity contribution in [1.82, 2.24) is 0 Å². The number of nitro groups is 1. The molecule has 6 heteroatoms. The van der Waals surface area contributed by atoms with Crippen molar-refractivity contribution in [3.63, 3.8) is 0 Å². The molecule has 1 aromatic rings. The van der Waals surface area contributed by atoms with E-state index in [-0.39, 0.29) is 11.3 Å². The molecule has 0 atom stereocenters. The molecule has 6 nitrogen and oxygen atoms in total. The van der Waals surface area contributed by atoms with E-state index in [4.69, 9.17) is 5.73 Å². The second-order valence-electron chi connectivity index (χ2n) is 4.99. The molecule has 102 valence electrons. The van der Waals surface area contributed by atoms with Crippen LogP contribution in [0.25, 0.3) is 0 Å². The van der Waals surface area contributed by atoms with Crippen LogP contribution in [-0.4, -0.2) is 23.9 Å². The number of amides is 1. The van der Waals surface area contributed by atoms with Gasteiger partial charge < -0.3 is 10.6 Å². The van der Waals surface area contributed by atoms with E-state index >= 15 is 0 Å². The number of hydrogen-bond donors (Lipinski definition) is 1. The summed E-state index contributed by atoms with van der Waals surface area (Å²) in [5.41, 5.74) is 5.84. The lowest BCUT2D eigenvalue weighted by Crippen LogP contribution is -2.33. The Morgan fingerprint density at radius 3 is 2.58 bits per heavy atom. The van der Waals surface area contributed by atoms with Crippen molar-refractivity contribution in [3.05, 3.63) is 33.9 Å². The fraction of sp³-hybridized carbons (Fsp3) is 0.462. The van der Waals surface area contributed by atoms with E-state index in [1.54, 1.807) is 12.1 Å². The van der Waals surface area contributed by atoms with Crippen LogP contribution in [0, 0.1) is 16.0 Å². The topological polar surface area (TPSA) is 89.5 Å². The number of anilines is 1. The average molecular weight is 263 g/mol. The van der Waals surface area contributed by atoms with Crippen LogP contribution in [0.5, 0.6) is 0 Å². The minimum absolute atomic E-state index is 0.0501. The lowest BCUT2D eigenvalue weighted by molar-refractivity contribution is -0.384. The summed E-state index contributed by atoms with van der Waals surface area (Å²) in [6.07, 6.45) is 2.05. The molecule has 1 amide bonds. The zero-order valence-corrected chi connectivity index (χ0v) is 10.8. The van der Waals surface area contributed by atoms with Crippen molar-refractivity contribution in [1.29, 1.82) is 0 Å². The Morgan fingerprint density at radius 1 is 1.42 bits per heavy atom. The minimum atomic E-state index is -0.651. The van der Waals surface area contributed by atoms with Gasteiger partial charge in [-0.05, 0) is 30.9 Å². The van der Waals surface area contributed by atoms with Gasteiger partial charge in [-0.1, -0.05) is 6.92 Å². The van der Waals surface area contributed by atoms with Crippen molar-refractivity contribution in [2.24, 2.45) is 11.7 Å². The Bertz CT molecular complexity index is 508. The summed E-state index contributed by atoms with van der Waals surface area (Å²) in [6.45, 7) is 3.79. The maximum atomic E-state index is 11.1. The number of piperidine rings is 1. The van der Waals surface area contributed by atoms with Crippen molar-refractivity contribution in [2.75, 3.05) is 18.0 Å². The highest BCUT2D eigenvalue weighted by atomic mass is 16.6. The van der Waals surface area contributed by atoms with E-state index in [9.17, 15) is 14.9 Å². The molecule has 0 radical (unpaired) electrons. The second kappa shape index (κ2) is 5.26. The number of rotatable bonds is 3. The van der Waals surface area contributed by atoms with E-state index in [2.05, 4.69) is 6.92 Å². The molecule has 1 aliphatic rings. The molecule has 1 aliphatic heterocycles. The number of nitrogens with two attached hydrogens (primary N) is 1. The molecule has 19 heavy (non-hydrogen) atoms. The molecule has 0 bridgehead atoms. The molecule has 2 rings (SSSR count). The van der Waals surface area contributed by atoms with Crippen molar-refractivity contribution < 1.29 is 9.72 Å². The van der Waals surface area contributed by atoms with Gasteiger partial charge in [0.05, 0.1) is 4.92 Å². The van der Waals surface area contributed by atoms with Gasteiger partial charge in [-0.25, -0.2) is 0 Å². The van der Waals surface area contributed by atoms with E-state index in [0.717, 1.165) is 25.9 Å². The fourth-order valence-electron chi connectivity index (χ4n) is 2.34. The SMILES string of the molecule is CC1CCN(c2ccc(C(N)=O)cc2[N+](=O)[O-])CC1. The molecule has 0 aromatic heterocycles. The molecule has 0 aliphatic carbocycles. The largest absolute Gasteiger partial charge is 0.366 e. The fourth-order valence-corrected chi connectivity index (χ4v) is 2.34. The maximum Gasteiger partial charge on any atom is 0.293 e. The molecule has 0 spiro atoms. The smallest absolute Gasteiger partial charge is 0.293 e. The highest BCUT2D eigenvalue weighted by Crippen LogP contribution is 2.32. The maximum absolute atomic E-state index is 11.1. The van der Waals surface area contributed by atoms with Crippen LogP contribution >= 0.6 is 0 Å². The molecule has 0 saturated carbocycles. The van der Waals surface area contributed by atoms with Crippen LogP contribution in [0.1, 0.15) is 30.1 Å². The minimum Gasteiger partial charge on any atom is -0.366 e. The second-order valence-corrected chi connectivity index (χ2v) is 4.99. The van der Waals surface area contributed by atoms with Gasteiger partial charge in [-0.3, -0.25) is 14.9 Å². The van der Waals surface area contributed by atoms with Crippen molar-refractivity contribution >= 4 is 17.3 Å². The van der Waals surface area contributed by atoms with Gasteiger partial charge in [0.25, 0.3) is 5.69 Å². The quantitative estimate of drug-likeness (QED) is 0.666. The van der Waals surface area contributed by atoms with Gasteiger partial charge in [0.15, 0.2) is 0 Å². The molecule has 1 fully saturated rings. The standard InChI is InChI=1S/C13H17N3O3/c1-9-4-6-15(7-5-9)11-3-2-10(13(14)17)8-12(11)16(18)19/h2-3,8-9H,4-7H2,1H3,(H2,14,17). The highest BCUT2D eigenvalue weighted by molar-refractivity contribution is 5.94. The van der Waals surface area contributed by atoms with E-state index in [1.807, 2.05) is 4.90 Å². The lowest BCUT2D eigenvalue weighted by atomic mass is 9.98. The molecule has 1 aromatic carbocycles. The van der Waals surface area contributed by atoms with E-state index in [1.165, 1.54) is 6.07 Å². The van der Waals surface area contributed by atoms with Gasteiger partial charge in [-0.15, -0.1) is 0 Å². The van der Waals surface area contributed by atoms with E-state index in [0.29, 0.717) is 11.6 Å². The number of nitrogens with zero attached hydrogens (tertiary/aromatic N) is 2. The Labute approximate surface area is 111 Å². The molecule has 0 unspecified atom stereocenters. The number of carbonyl (C=O) groups excluding carboxylic acids is 1. The average Bonchev–Trinajstić information content (AvgIpc) is 2.38. The number of carbonyl (C=O) groups is 1. The van der Waals surface area contributed by atoms with E-state index < -0.39 is 10.8 Å². The van der Waals surface area contributed by atoms with Crippen LogP contribution in [0.15, 0.2) is 18.2 Å². The number of benzene rings is 1. The van der Waals surface area contributed by atoms with Gasteiger partial charge in [0, 0.05) is 24.7 Å². The normalized spacial score (nSPS) is 16.4. The third kappa shape index (κ3) is 2.83. The third-order valence-corrected chi connectivity index (χ3v) is 3.58. The first-order chi connectivity index (χ1) is 8.99. The summed E-state index contributed by atoms with van der Waals surface area (Å²) in [5.74, 6) is 0.00196. The molecule has 1 saturated heterocycles. The summed E-state index contributed by atoms with van der Waals surface area (Å²) < 4.78 is 0. The summed E-state index contributed by atoms with van der Waals surface area (Å²) >= 11 is 0. The van der Waals surface area contributed by atoms with Crippen LogP contribution in [-0.2, 0) is 0 Å². The first-order valence-electron chi connectivity index (χ1n) is 6.32. The summed E-state index contributed by atoms with van der Waals surface area (Å²) in [5, 5.41) is 11.1. The van der Waals surface area contributed by atoms with Gasteiger partial charge in [0.1, 0.15) is 5.69 Å². The molecular weight excluding hydrogens is 246 g/mol. The monoisotopic (exact) mass is 263 g/mol. The molecule has 1 heterocycles. The van der Waals surface area contributed by atoms with Gasteiger partial charge in [-0.2, -0.15) is 0 Å². The van der Waals surface area contributed by atoms with Gasteiger partial charge >= 0.3 is 0 Å². The molecule has 2 N–H and O–H groups in total. The number of hydrogen-bond acceptors (Lipinski definition) is 4. The Morgan fingerprint density at radius 2 is 2.05 bits per heavy atom. The third-order valence-electron chi connectivity index (χ3n) is 3.58. The van der Waals surface area contributed by atoms with Crippen LogP contribution in [0.3, 0.4) is 0 Å². The predicted molar refractivity (Wildman–Crippen MR) is 72.2 cm³/mol. The summed E-state index contributed by atoms with van der Waals surface area (Å²) in [6, 6.07) is 4.42. The Balaban J connectivity index is 2.34. The Hall–Kier alpha value is -2.11. The summed E-state index contributed by atoms with van der Waals surface area (Å²) in [7, 11) is 0. The predicted octanol–water partition coefficient (Wildman–Crippen LogP) is 1.93. The van der Waals surface area contributed by atoms with Crippen molar-refractivity contribution in [2.45, 2.75) is 19.8 Å². The van der Waals surface area contributed by atoms with Crippen molar-refractivity contribution in [3.8, 4) is 0 Å². The zero-order chi connectivity index (χ0) is 14.0. The van der Waals surface area contributed by atoms with Crippen LogP contribution in [0.4, 0.5) is 11.4 Å².